The van der Waals surface area contributed by atoms with Crippen molar-refractivity contribution in [3.05, 3.63) is 69.2 Å². The van der Waals surface area contributed by atoms with E-state index in [-0.39, 0.29) is 22.7 Å². The van der Waals surface area contributed by atoms with Crippen LogP contribution in [0.25, 0.3) is 0 Å². The molecule has 0 bridgehead atoms. The summed E-state index contributed by atoms with van der Waals surface area (Å²) >= 11 is 12.0. The highest BCUT2D eigenvalue weighted by Crippen LogP contribution is 2.32. The summed E-state index contributed by atoms with van der Waals surface area (Å²) in [5, 5.41) is 0.496. The second-order valence-electron chi connectivity index (χ2n) is 9.76. The second kappa shape index (κ2) is 13.0. The third kappa shape index (κ3) is 7.83. The van der Waals surface area contributed by atoms with E-state index in [0.717, 1.165) is 43.9 Å². The van der Waals surface area contributed by atoms with E-state index in [1.807, 2.05) is 12.1 Å². The molecule has 0 aromatic heterocycles. The third-order valence-corrected chi connectivity index (χ3v) is 7.46. The molecule has 2 saturated heterocycles. The Morgan fingerprint density at radius 3 is 2.39 bits per heavy atom. The summed E-state index contributed by atoms with van der Waals surface area (Å²) < 4.78 is 51.1. The van der Waals surface area contributed by atoms with Crippen LogP contribution in [-0.4, -0.2) is 98.9 Å². The predicted octanol–water partition coefficient (Wildman–Crippen LogP) is 4.73. The number of carbonyl (C=O) groups excluding carboxylic acids is 1. The molecular weight excluding hydrogens is 542 g/mol. The third-order valence-electron chi connectivity index (χ3n) is 6.99. The molecule has 2 fully saturated rings. The molecule has 2 atom stereocenters. The molecule has 208 valence electrons. The van der Waals surface area contributed by atoms with Crippen molar-refractivity contribution < 1.29 is 27.4 Å². The smallest absolute Gasteiger partial charge is 0.382 e. The number of nitrogens with zero attached hydrogens (tertiary/aromatic N) is 3. The number of carbonyl (C=O) groups is 1. The number of ether oxygens (including phenoxy) is 2. The van der Waals surface area contributed by atoms with Gasteiger partial charge >= 0.3 is 6.18 Å². The van der Waals surface area contributed by atoms with Gasteiger partial charge in [0.05, 0.1) is 24.9 Å². The van der Waals surface area contributed by atoms with Crippen LogP contribution in [0.2, 0.25) is 10.0 Å². The number of alkyl halides is 3. The van der Waals surface area contributed by atoms with Crippen molar-refractivity contribution >= 4 is 29.1 Å². The fourth-order valence-electron chi connectivity index (χ4n) is 5.05. The Labute approximate surface area is 231 Å². The molecule has 2 aliphatic heterocycles. The molecule has 0 saturated carbocycles. The lowest BCUT2D eigenvalue weighted by atomic mass is 10.00. The average Bonchev–Trinajstić information content (AvgIpc) is 2.88. The van der Waals surface area contributed by atoms with Crippen molar-refractivity contribution in [1.29, 1.82) is 0 Å². The molecule has 6 nitrogen and oxygen atoms in total. The van der Waals surface area contributed by atoms with E-state index in [4.69, 9.17) is 32.7 Å². The Morgan fingerprint density at radius 1 is 1.00 bits per heavy atom. The topological polar surface area (TPSA) is 45.2 Å². The highest BCUT2D eigenvalue weighted by atomic mass is 35.5. The van der Waals surface area contributed by atoms with Gasteiger partial charge < -0.3 is 14.4 Å². The number of morpholine rings is 1. The van der Waals surface area contributed by atoms with Crippen molar-refractivity contribution in [2.75, 3.05) is 66.1 Å². The van der Waals surface area contributed by atoms with Gasteiger partial charge in [-0.3, -0.25) is 14.6 Å². The minimum absolute atomic E-state index is 0.0557. The molecule has 0 spiro atoms. The van der Waals surface area contributed by atoms with Crippen LogP contribution >= 0.6 is 23.2 Å². The fraction of sp³-hybridized carbons (Fsp3) is 0.519. The number of rotatable bonds is 8. The van der Waals surface area contributed by atoms with Gasteiger partial charge in [-0.05, 0) is 42.3 Å². The highest BCUT2D eigenvalue weighted by molar-refractivity contribution is 6.31. The standard InChI is InChI=1S/C27H32Cl2F3N3O3/c1-37-18-25-17-34(10-11-38-25)7-6-33-8-9-35(24(16-33)12-19-2-4-22(28)5-3-19)26(36)20-13-21(27(30,31)32)15-23(29)14-20/h2-5,13-15,24-25H,6-12,16-18H2,1H3/t24-,25+/m1/s1. The Bertz CT molecular complexity index is 1090. The van der Waals surface area contributed by atoms with Crippen molar-refractivity contribution in [1.82, 2.24) is 14.7 Å². The zero-order valence-electron chi connectivity index (χ0n) is 21.2. The molecule has 2 heterocycles. The molecule has 0 unspecified atom stereocenters. The Hall–Kier alpha value is -1.88. The van der Waals surface area contributed by atoms with Gasteiger partial charge in [-0.1, -0.05) is 35.3 Å². The average molecular weight is 574 g/mol. The van der Waals surface area contributed by atoms with Gasteiger partial charge in [-0.25, -0.2) is 0 Å². The molecule has 2 aromatic carbocycles. The lowest BCUT2D eigenvalue weighted by Gasteiger charge is -2.42. The molecule has 0 radical (unpaired) electrons. The largest absolute Gasteiger partial charge is 0.416 e. The van der Waals surface area contributed by atoms with E-state index in [0.29, 0.717) is 44.3 Å². The number of hydrogen-bond acceptors (Lipinski definition) is 5. The number of methoxy groups -OCH3 is 1. The fourth-order valence-corrected chi connectivity index (χ4v) is 5.41. The van der Waals surface area contributed by atoms with Gasteiger partial charge in [-0.2, -0.15) is 13.2 Å². The number of amides is 1. The molecular formula is C27H32Cl2F3N3O3. The molecule has 11 heteroatoms. The molecule has 2 aliphatic rings. The number of piperazine rings is 1. The van der Waals surface area contributed by atoms with E-state index < -0.39 is 17.6 Å². The van der Waals surface area contributed by atoms with Crippen molar-refractivity contribution in [2.45, 2.75) is 24.7 Å². The van der Waals surface area contributed by atoms with E-state index in [2.05, 4.69) is 9.80 Å². The minimum Gasteiger partial charge on any atom is -0.382 e. The van der Waals surface area contributed by atoms with Crippen molar-refractivity contribution in [3.8, 4) is 0 Å². The van der Waals surface area contributed by atoms with Crippen molar-refractivity contribution in [3.63, 3.8) is 0 Å². The lowest BCUT2D eigenvalue weighted by Crippen LogP contribution is -2.57. The quantitative estimate of drug-likeness (QED) is 0.457. The maximum atomic E-state index is 13.5. The first-order chi connectivity index (χ1) is 18.1. The van der Waals surface area contributed by atoms with E-state index in [9.17, 15) is 18.0 Å². The first kappa shape index (κ1) is 29.1. The zero-order valence-corrected chi connectivity index (χ0v) is 22.7. The van der Waals surface area contributed by atoms with Gasteiger partial charge in [-0.15, -0.1) is 0 Å². The number of hydrogen-bond donors (Lipinski definition) is 0. The van der Waals surface area contributed by atoms with Gasteiger partial charge in [0.1, 0.15) is 0 Å². The number of halogens is 5. The van der Waals surface area contributed by atoms with Crippen LogP contribution in [0.3, 0.4) is 0 Å². The van der Waals surface area contributed by atoms with Crippen LogP contribution in [0.5, 0.6) is 0 Å². The summed E-state index contributed by atoms with van der Waals surface area (Å²) in [6.07, 6.45) is -3.98. The SMILES string of the molecule is COC[C@@H]1CN(CCN2CCN(C(=O)c3cc(Cl)cc(C(F)(F)F)c3)[C@H](Cc3ccc(Cl)cc3)C2)CCO1. The van der Waals surface area contributed by atoms with Crippen LogP contribution < -0.4 is 0 Å². The lowest BCUT2D eigenvalue weighted by molar-refractivity contribution is -0.137. The Balaban J connectivity index is 1.48. The summed E-state index contributed by atoms with van der Waals surface area (Å²) in [6.45, 7) is 6.17. The monoisotopic (exact) mass is 573 g/mol. The minimum atomic E-state index is -4.59. The molecule has 0 aliphatic carbocycles. The first-order valence-electron chi connectivity index (χ1n) is 12.6. The van der Waals surface area contributed by atoms with E-state index >= 15 is 0 Å². The normalized spacial score (nSPS) is 21.6. The predicted molar refractivity (Wildman–Crippen MR) is 141 cm³/mol. The highest BCUT2D eigenvalue weighted by Gasteiger charge is 2.35. The van der Waals surface area contributed by atoms with Crippen LogP contribution in [0.4, 0.5) is 13.2 Å². The summed E-state index contributed by atoms with van der Waals surface area (Å²) in [5.74, 6) is -0.452. The van der Waals surface area contributed by atoms with Gasteiger partial charge in [0.25, 0.3) is 5.91 Å². The zero-order chi connectivity index (χ0) is 27.3. The van der Waals surface area contributed by atoms with Crippen LogP contribution in [0.15, 0.2) is 42.5 Å². The first-order valence-corrected chi connectivity index (χ1v) is 13.4. The molecule has 0 N–H and O–H groups in total. The second-order valence-corrected chi connectivity index (χ2v) is 10.6. The van der Waals surface area contributed by atoms with Gasteiger partial charge in [0.15, 0.2) is 0 Å². The molecule has 1 amide bonds. The summed E-state index contributed by atoms with van der Waals surface area (Å²) in [7, 11) is 1.66. The summed E-state index contributed by atoms with van der Waals surface area (Å²) in [6, 6.07) is 10.2. The van der Waals surface area contributed by atoms with Crippen LogP contribution in [0, 0.1) is 0 Å². The summed E-state index contributed by atoms with van der Waals surface area (Å²) in [5.41, 5.74) is 0.00659. The van der Waals surface area contributed by atoms with Crippen LogP contribution in [0.1, 0.15) is 21.5 Å². The van der Waals surface area contributed by atoms with Crippen molar-refractivity contribution in [2.24, 2.45) is 0 Å². The molecule has 2 aromatic rings. The number of benzene rings is 2. The maximum Gasteiger partial charge on any atom is 0.416 e. The molecule has 38 heavy (non-hydrogen) atoms. The Kier molecular flexibility index (Phi) is 9.95. The molecule has 4 rings (SSSR count). The van der Waals surface area contributed by atoms with E-state index in [1.54, 1.807) is 24.1 Å². The van der Waals surface area contributed by atoms with E-state index in [1.165, 1.54) is 6.07 Å². The Morgan fingerprint density at radius 2 is 1.71 bits per heavy atom. The van der Waals surface area contributed by atoms with Gasteiger partial charge in [0, 0.05) is 74.6 Å². The maximum absolute atomic E-state index is 13.5. The van der Waals surface area contributed by atoms with Crippen LogP contribution in [-0.2, 0) is 22.1 Å². The van der Waals surface area contributed by atoms with Gasteiger partial charge in [0.2, 0.25) is 0 Å². The summed E-state index contributed by atoms with van der Waals surface area (Å²) in [4.78, 5) is 19.9.